The summed E-state index contributed by atoms with van der Waals surface area (Å²) < 4.78 is 0. The maximum atomic E-state index is 11.8. The van der Waals surface area contributed by atoms with Crippen molar-refractivity contribution in [2.75, 3.05) is 0 Å². The Morgan fingerprint density at radius 1 is 1.06 bits per heavy atom. The van der Waals surface area contributed by atoms with Crippen molar-refractivity contribution in [2.45, 2.75) is 44.1 Å². The van der Waals surface area contributed by atoms with Crippen LogP contribution in [0.2, 0.25) is 0 Å². The van der Waals surface area contributed by atoms with E-state index in [1.807, 2.05) is 0 Å². The van der Waals surface area contributed by atoms with Crippen LogP contribution >= 0.6 is 0 Å². The van der Waals surface area contributed by atoms with E-state index < -0.39 is 5.91 Å². The van der Waals surface area contributed by atoms with Gasteiger partial charge < -0.3 is 5.32 Å². The van der Waals surface area contributed by atoms with Gasteiger partial charge in [-0.1, -0.05) is 6.58 Å². The molecule has 2 N–H and O–H groups in total. The second-order valence-electron chi connectivity index (χ2n) is 6.35. The molecule has 4 saturated carbocycles. The Balaban J connectivity index is 1.67. The third kappa shape index (κ3) is 2.04. The van der Waals surface area contributed by atoms with Crippen LogP contribution in [0.3, 0.4) is 0 Å². The quantitative estimate of drug-likeness (QED) is 0.734. The van der Waals surface area contributed by atoms with Crippen molar-refractivity contribution >= 4 is 11.9 Å². The molecule has 4 nitrogen and oxygen atoms in total. The Hall–Kier alpha value is -1.32. The van der Waals surface area contributed by atoms with E-state index in [2.05, 4.69) is 17.2 Å². The zero-order valence-corrected chi connectivity index (χ0v) is 10.6. The summed E-state index contributed by atoms with van der Waals surface area (Å²) in [4.78, 5) is 22.9. The number of carbonyl (C=O) groups excluding carboxylic acids is 2. The molecule has 0 aromatic carbocycles. The molecular weight excluding hydrogens is 228 g/mol. The molecular formula is C14H20N2O2. The summed E-state index contributed by atoms with van der Waals surface area (Å²) in [5.41, 5.74) is -0.0414. The SMILES string of the molecule is C=CC(=O)NC(=O)NC12CC3CC(CC(C3)C1)C2. The smallest absolute Gasteiger partial charge is 0.322 e. The van der Waals surface area contributed by atoms with Crippen molar-refractivity contribution in [2.24, 2.45) is 17.8 Å². The minimum atomic E-state index is -0.433. The number of hydrogen-bond acceptors (Lipinski definition) is 2. The van der Waals surface area contributed by atoms with Crippen LogP contribution in [0.15, 0.2) is 12.7 Å². The fourth-order valence-electron chi connectivity index (χ4n) is 4.70. The van der Waals surface area contributed by atoms with Gasteiger partial charge >= 0.3 is 6.03 Å². The Labute approximate surface area is 107 Å². The summed E-state index contributed by atoms with van der Waals surface area (Å²) in [7, 11) is 0. The molecule has 4 aliphatic carbocycles. The fraction of sp³-hybridized carbons (Fsp3) is 0.714. The second kappa shape index (κ2) is 4.11. The molecule has 98 valence electrons. The highest BCUT2D eigenvalue weighted by molar-refractivity contribution is 6.00. The number of rotatable bonds is 2. The lowest BCUT2D eigenvalue weighted by Gasteiger charge is -2.56. The molecule has 3 amide bonds. The van der Waals surface area contributed by atoms with Gasteiger partial charge in [0.25, 0.3) is 5.91 Å². The third-order valence-corrected chi connectivity index (χ3v) is 4.84. The van der Waals surface area contributed by atoms with Crippen molar-refractivity contribution in [3.8, 4) is 0 Å². The first-order valence-electron chi connectivity index (χ1n) is 6.84. The van der Waals surface area contributed by atoms with Gasteiger partial charge in [0, 0.05) is 5.54 Å². The fourth-order valence-corrected chi connectivity index (χ4v) is 4.70. The molecule has 4 aliphatic rings. The Morgan fingerprint density at radius 3 is 2.00 bits per heavy atom. The van der Waals surface area contributed by atoms with Gasteiger partial charge in [0.15, 0.2) is 0 Å². The predicted octanol–water partition coefficient (Wildman–Crippen LogP) is 1.97. The van der Waals surface area contributed by atoms with Crippen molar-refractivity contribution in [1.82, 2.24) is 10.6 Å². The van der Waals surface area contributed by atoms with E-state index >= 15 is 0 Å². The van der Waals surface area contributed by atoms with E-state index in [9.17, 15) is 9.59 Å². The van der Waals surface area contributed by atoms with Gasteiger partial charge in [-0.2, -0.15) is 0 Å². The number of hydrogen-bond donors (Lipinski definition) is 2. The standard InChI is InChI=1S/C14H20N2O2/c1-2-12(17)15-13(18)16-14-6-9-3-10(7-14)5-11(4-9)8-14/h2,9-11H,1,3-8H2,(H2,15,16,17,18). The highest BCUT2D eigenvalue weighted by atomic mass is 16.2. The van der Waals surface area contributed by atoms with E-state index in [4.69, 9.17) is 0 Å². The van der Waals surface area contributed by atoms with Gasteiger partial charge in [-0.15, -0.1) is 0 Å². The summed E-state index contributed by atoms with van der Waals surface area (Å²) >= 11 is 0. The van der Waals surface area contributed by atoms with Crippen molar-refractivity contribution in [3.05, 3.63) is 12.7 Å². The van der Waals surface area contributed by atoms with Gasteiger partial charge in [0.05, 0.1) is 0 Å². The Morgan fingerprint density at radius 2 is 1.56 bits per heavy atom. The van der Waals surface area contributed by atoms with E-state index in [1.54, 1.807) is 0 Å². The van der Waals surface area contributed by atoms with Gasteiger partial charge in [-0.3, -0.25) is 10.1 Å². The lowest BCUT2D eigenvalue weighted by molar-refractivity contribution is -0.115. The summed E-state index contributed by atoms with van der Waals surface area (Å²) in [5, 5.41) is 5.37. The molecule has 0 aromatic heterocycles. The normalized spacial score (nSPS) is 40.3. The molecule has 0 atom stereocenters. The van der Waals surface area contributed by atoms with Crippen LogP contribution in [0.25, 0.3) is 0 Å². The molecule has 0 heterocycles. The molecule has 0 aliphatic heterocycles. The van der Waals surface area contributed by atoms with Gasteiger partial charge in [0.2, 0.25) is 0 Å². The van der Waals surface area contributed by atoms with Crippen LogP contribution in [0, 0.1) is 17.8 Å². The highest BCUT2D eigenvalue weighted by Gasteiger charge is 2.51. The van der Waals surface area contributed by atoms with E-state index in [0.29, 0.717) is 0 Å². The molecule has 0 aromatic rings. The molecule has 0 saturated heterocycles. The lowest BCUT2D eigenvalue weighted by Crippen LogP contribution is -2.61. The van der Waals surface area contributed by atoms with E-state index in [1.165, 1.54) is 19.3 Å². The third-order valence-electron chi connectivity index (χ3n) is 4.84. The van der Waals surface area contributed by atoms with Crippen molar-refractivity contribution in [3.63, 3.8) is 0 Å². The zero-order chi connectivity index (χ0) is 12.8. The minimum Gasteiger partial charge on any atom is -0.332 e. The molecule has 0 unspecified atom stereocenters. The largest absolute Gasteiger partial charge is 0.332 e. The van der Waals surface area contributed by atoms with E-state index in [0.717, 1.165) is 43.1 Å². The first-order valence-corrected chi connectivity index (χ1v) is 6.84. The molecule has 4 fully saturated rings. The molecule has 18 heavy (non-hydrogen) atoms. The topological polar surface area (TPSA) is 58.2 Å². The average molecular weight is 248 g/mol. The lowest BCUT2D eigenvalue weighted by atomic mass is 9.53. The number of imide groups is 1. The number of carbonyl (C=O) groups is 2. The monoisotopic (exact) mass is 248 g/mol. The second-order valence-corrected chi connectivity index (χ2v) is 6.35. The molecule has 4 heteroatoms. The van der Waals surface area contributed by atoms with E-state index in [-0.39, 0.29) is 11.6 Å². The average Bonchev–Trinajstić information content (AvgIpc) is 2.25. The van der Waals surface area contributed by atoms with Gasteiger partial charge in [-0.25, -0.2) is 4.79 Å². The molecule has 4 bridgehead atoms. The van der Waals surface area contributed by atoms with Gasteiger partial charge in [0.1, 0.15) is 0 Å². The summed E-state index contributed by atoms with van der Waals surface area (Å²) in [6.45, 7) is 3.35. The minimum absolute atomic E-state index is 0.0414. The van der Waals surface area contributed by atoms with Crippen molar-refractivity contribution in [1.29, 1.82) is 0 Å². The number of urea groups is 1. The van der Waals surface area contributed by atoms with Gasteiger partial charge in [-0.05, 0) is 62.4 Å². The van der Waals surface area contributed by atoms with Crippen LogP contribution in [-0.4, -0.2) is 17.5 Å². The summed E-state index contributed by atoms with van der Waals surface area (Å²) in [5.74, 6) is 1.92. The maximum absolute atomic E-state index is 11.8. The van der Waals surface area contributed by atoms with Crippen LogP contribution in [0.4, 0.5) is 4.79 Å². The van der Waals surface area contributed by atoms with Crippen LogP contribution in [0.5, 0.6) is 0 Å². The summed E-state index contributed by atoms with van der Waals surface area (Å²) in [6.07, 6.45) is 8.42. The molecule has 0 spiro atoms. The Bertz CT molecular complexity index is 367. The number of nitrogens with one attached hydrogen (secondary N) is 2. The summed E-state index contributed by atoms with van der Waals surface area (Å²) in [6, 6.07) is -0.359. The number of amides is 3. The predicted molar refractivity (Wildman–Crippen MR) is 67.8 cm³/mol. The Kier molecular flexibility index (Phi) is 2.68. The highest BCUT2D eigenvalue weighted by Crippen LogP contribution is 2.55. The molecule has 0 radical (unpaired) electrons. The van der Waals surface area contributed by atoms with Crippen molar-refractivity contribution < 1.29 is 9.59 Å². The zero-order valence-electron chi connectivity index (χ0n) is 10.6. The van der Waals surface area contributed by atoms with Crippen LogP contribution in [0.1, 0.15) is 38.5 Å². The maximum Gasteiger partial charge on any atom is 0.322 e. The first kappa shape index (κ1) is 11.8. The van der Waals surface area contributed by atoms with Crippen LogP contribution in [-0.2, 0) is 4.79 Å². The molecule has 4 rings (SSSR count). The van der Waals surface area contributed by atoms with Crippen LogP contribution < -0.4 is 10.6 Å². The first-order chi connectivity index (χ1) is 8.58.